The van der Waals surface area contributed by atoms with Crippen molar-refractivity contribution >= 4 is 0 Å². The van der Waals surface area contributed by atoms with Gasteiger partial charge in [-0.05, 0) is 37.1 Å². The van der Waals surface area contributed by atoms with Crippen LogP contribution in [0.4, 0.5) is 0 Å². The molecule has 0 bridgehead atoms. The number of ether oxygens (including phenoxy) is 2. The Balaban J connectivity index is 3.19. The quantitative estimate of drug-likeness (QED) is 0.668. The molecule has 0 N–H and O–H groups in total. The smallest absolute Gasteiger partial charge is 0.161 e. The van der Waals surface area contributed by atoms with Gasteiger partial charge in [-0.1, -0.05) is 0 Å². The summed E-state index contributed by atoms with van der Waals surface area (Å²) in [5, 5.41) is 0. The fourth-order valence-corrected chi connectivity index (χ4v) is 1.02. The molecule has 0 heterocycles. The van der Waals surface area contributed by atoms with Gasteiger partial charge in [-0.25, -0.2) is 0 Å². The van der Waals surface area contributed by atoms with Crippen molar-refractivity contribution in [3.05, 3.63) is 30.2 Å². The molecule has 65 valence electrons. The van der Waals surface area contributed by atoms with E-state index in [9.17, 15) is 0 Å². The van der Waals surface area contributed by atoms with Crippen LogP contribution in [-0.4, -0.2) is 14.2 Å². The van der Waals surface area contributed by atoms with Crippen molar-refractivity contribution in [3.63, 3.8) is 0 Å². The van der Waals surface area contributed by atoms with Crippen LogP contribution in [0.15, 0.2) is 12.1 Å². The van der Waals surface area contributed by atoms with Crippen molar-refractivity contribution in [1.82, 2.24) is 0 Å². The second-order valence-electron chi connectivity index (χ2n) is 2.63. The first-order valence-electron chi connectivity index (χ1n) is 3.73. The van der Waals surface area contributed by atoms with Gasteiger partial charge < -0.3 is 9.47 Å². The van der Waals surface area contributed by atoms with Gasteiger partial charge in [0.1, 0.15) is 0 Å². The molecule has 1 radical (unpaired) electrons. The van der Waals surface area contributed by atoms with E-state index in [4.69, 9.17) is 9.47 Å². The number of hydrogen-bond donors (Lipinski definition) is 0. The highest BCUT2D eigenvalue weighted by atomic mass is 16.5. The van der Waals surface area contributed by atoms with Crippen LogP contribution >= 0.6 is 0 Å². The van der Waals surface area contributed by atoms with E-state index >= 15 is 0 Å². The molecule has 0 spiro atoms. The van der Waals surface area contributed by atoms with Gasteiger partial charge in [0.25, 0.3) is 0 Å². The highest BCUT2D eigenvalue weighted by molar-refractivity contribution is 5.47. The Morgan fingerprint density at radius 1 is 1.08 bits per heavy atom. The Morgan fingerprint density at radius 3 is 2.08 bits per heavy atom. The van der Waals surface area contributed by atoms with Crippen LogP contribution in [0, 0.1) is 13.8 Å². The Labute approximate surface area is 73.1 Å². The Kier molecular flexibility index (Phi) is 2.58. The first kappa shape index (κ1) is 8.91. The molecule has 0 atom stereocenters. The second kappa shape index (κ2) is 3.48. The molecule has 1 aromatic carbocycles. The molecule has 0 saturated heterocycles. The summed E-state index contributed by atoms with van der Waals surface area (Å²) in [4.78, 5) is 0. The fraction of sp³-hybridized carbons (Fsp3) is 0.300. The Morgan fingerprint density at radius 2 is 1.58 bits per heavy atom. The van der Waals surface area contributed by atoms with Crippen LogP contribution in [0.25, 0.3) is 0 Å². The maximum Gasteiger partial charge on any atom is 0.161 e. The van der Waals surface area contributed by atoms with Crippen molar-refractivity contribution in [2.75, 3.05) is 14.2 Å². The minimum absolute atomic E-state index is 0.730. The van der Waals surface area contributed by atoms with Gasteiger partial charge in [-0.2, -0.15) is 0 Å². The first-order valence-corrected chi connectivity index (χ1v) is 3.73. The molecule has 0 aliphatic rings. The standard InChI is InChI=1S/C10H13O2/c1-7-5-9(11-3)10(12-4)6-8(7)2/h5-6H,1H2,2-4H3. The van der Waals surface area contributed by atoms with E-state index in [0.29, 0.717) is 0 Å². The van der Waals surface area contributed by atoms with Gasteiger partial charge in [0.2, 0.25) is 0 Å². The highest BCUT2D eigenvalue weighted by Gasteiger charge is 2.04. The van der Waals surface area contributed by atoms with E-state index in [1.165, 1.54) is 0 Å². The van der Waals surface area contributed by atoms with Gasteiger partial charge in [0.15, 0.2) is 11.5 Å². The number of rotatable bonds is 2. The third-order valence-corrected chi connectivity index (χ3v) is 1.84. The van der Waals surface area contributed by atoms with Crippen molar-refractivity contribution in [3.8, 4) is 11.5 Å². The molecule has 1 aromatic rings. The molecule has 0 fully saturated rings. The molecule has 0 unspecified atom stereocenters. The Hall–Kier alpha value is -1.18. The molecule has 0 aromatic heterocycles. The molecular weight excluding hydrogens is 152 g/mol. The van der Waals surface area contributed by atoms with Crippen molar-refractivity contribution in [2.45, 2.75) is 6.92 Å². The predicted molar refractivity (Wildman–Crippen MR) is 48.7 cm³/mol. The topological polar surface area (TPSA) is 18.5 Å². The zero-order valence-electron chi connectivity index (χ0n) is 7.68. The monoisotopic (exact) mass is 165 g/mol. The lowest BCUT2D eigenvalue weighted by atomic mass is 10.1. The molecule has 0 saturated carbocycles. The summed E-state index contributed by atoms with van der Waals surface area (Å²) >= 11 is 0. The van der Waals surface area contributed by atoms with Gasteiger partial charge >= 0.3 is 0 Å². The lowest BCUT2D eigenvalue weighted by Crippen LogP contribution is -1.92. The fourth-order valence-electron chi connectivity index (χ4n) is 1.02. The van der Waals surface area contributed by atoms with E-state index in [-0.39, 0.29) is 0 Å². The number of hydrogen-bond acceptors (Lipinski definition) is 2. The minimum atomic E-state index is 0.730. The molecule has 2 heteroatoms. The first-order chi connectivity index (χ1) is 5.69. The number of aryl methyl sites for hydroxylation is 1. The zero-order chi connectivity index (χ0) is 9.14. The SMILES string of the molecule is [CH2]c1cc(OC)c(OC)cc1C. The van der Waals surface area contributed by atoms with E-state index in [1.807, 2.05) is 19.1 Å². The van der Waals surface area contributed by atoms with E-state index in [2.05, 4.69) is 6.92 Å². The number of benzene rings is 1. The summed E-state index contributed by atoms with van der Waals surface area (Å²) in [6.45, 7) is 5.86. The molecule has 12 heavy (non-hydrogen) atoms. The molecule has 1 rings (SSSR count). The maximum atomic E-state index is 5.12. The summed E-state index contributed by atoms with van der Waals surface area (Å²) in [5.74, 6) is 1.48. The summed E-state index contributed by atoms with van der Waals surface area (Å²) in [5.41, 5.74) is 2.07. The predicted octanol–water partition coefficient (Wildman–Crippen LogP) is 2.19. The minimum Gasteiger partial charge on any atom is -0.493 e. The van der Waals surface area contributed by atoms with Gasteiger partial charge in [-0.3, -0.25) is 0 Å². The molecule has 0 aliphatic carbocycles. The summed E-state index contributed by atoms with van der Waals surface area (Å²) < 4.78 is 10.2. The molecule has 2 nitrogen and oxygen atoms in total. The van der Waals surface area contributed by atoms with Gasteiger partial charge in [-0.15, -0.1) is 0 Å². The normalized spacial score (nSPS) is 9.67. The third kappa shape index (κ3) is 1.52. The molecule has 0 amide bonds. The van der Waals surface area contributed by atoms with E-state index in [1.54, 1.807) is 14.2 Å². The van der Waals surface area contributed by atoms with Gasteiger partial charge in [0, 0.05) is 0 Å². The van der Waals surface area contributed by atoms with E-state index in [0.717, 1.165) is 22.6 Å². The molecule has 0 aliphatic heterocycles. The second-order valence-corrected chi connectivity index (χ2v) is 2.63. The van der Waals surface area contributed by atoms with E-state index < -0.39 is 0 Å². The Bertz CT molecular complexity index is 250. The molecular formula is C10H13O2. The maximum absolute atomic E-state index is 5.12. The summed E-state index contributed by atoms with van der Waals surface area (Å²) in [6, 6.07) is 3.79. The number of methoxy groups -OCH3 is 2. The van der Waals surface area contributed by atoms with Crippen LogP contribution < -0.4 is 9.47 Å². The average Bonchev–Trinajstić information content (AvgIpc) is 2.09. The van der Waals surface area contributed by atoms with Crippen LogP contribution in [-0.2, 0) is 0 Å². The summed E-state index contributed by atoms with van der Waals surface area (Å²) in [7, 11) is 3.24. The van der Waals surface area contributed by atoms with Crippen LogP contribution in [0.5, 0.6) is 11.5 Å². The van der Waals surface area contributed by atoms with Crippen molar-refractivity contribution in [2.24, 2.45) is 0 Å². The summed E-state index contributed by atoms with van der Waals surface area (Å²) in [6.07, 6.45) is 0. The highest BCUT2D eigenvalue weighted by Crippen LogP contribution is 2.29. The van der Waals surface area contributed by atoms with Crippen LogP contribution in [0.2, 0.25) is 0 Å². The van der Waals surface area contributed by atoms with Crippen molar-refractivity contribution < 1.29 is 9.47 Å². The third-order valence-electron chi connectivity index (χ3n) is 1.84. The average molecular weight is 165 g/mol. The van der Waals surface area contributed by atoms with Crippen molar-refractivity contribution in [1.29, 1.82) is 0 Å². The van der Waals surface area contributed by atoms with Crippen LogP contribution in [0.3, 0.4) is 0 Å². The zero-order valence-corrected chi connectivity index (χ0v) is 7.68. The lowest BCUT2D eigenvalue weighted by Gasteiger charge is -2.09. The largest absolute Gasteiger partial charge is 0.493 e. The van der Waals surface area contributed by atoms with Gasteiger partial charge in [0.05, 0.1) is 14.2 Å². The lowest BCUT2D eigenvalue weighted by molar-refractivity contribution is 0.354. The van der Waals surface area contributed by atoms with Crippen LogP contribution in [0.1, 0.15) is 11.1 Å².